The van der Waals surface area contributed by atoms with Crippen molar-refractivity contribution in [2.45, 2.75) is 25.7 Å². The van der Waals surface area contributed by atoms with Gasteiger partial charge in [0.25, 0.3) is 5.91 Å². The minimum absolute atomic E-state index is 0.165. The zero-order valence-electron chi connectivity index (χ0n) is 23.1. The summed E-state index contributed by atoms with van der Waals surface area (Å²) in [6.07, 6.45) is 7.32. The van der Waals surface area contributed by atoms with Gasteiger partial charge >= 0.3 is 0 Å². The quantitative estimate of drug-likeness (QED) is 0.169. The highest BCUT2D eigenvalue weighted by Gasteiger charge is 2.20. The van der Waals surface area contributed by atoms with Gasteiger partial charge in [-0.1, -0.05) is 24.5 Å². The molecule has 0 spiro atoms. The molecule has 0 aliphatic carbocycles. The van der Waals surface area contributed by atoms with Crippen LogP contribution in [0.5, 0.6) is 5.75 Å². The third-order valence-electron chi connectivity index (χ3n) is 6.44. The number of nitrogens with one attached hydrogen (secondary N) is 2. The number of halogens is 2. The molecule has 0 atom stereocenters. The van der Waals surface area contributed by atoms with E-state index in [0.29, 0.717) is 28.8 Å². The number of hydrogen-bond donors (Lipinski definition) is 2. The Morgan fingerprint density at radius 3 is 2.59 bits per heavy atom. The van der Waals surface area contributed by atoms with Gasteiger partial charge in [0.1, 0.15) is 12.9 Å². The van der Waals surface area contributed by atoms with Gasteiger partial charge in [-0.2, -0.15) is 0 Å². The van der Waals surface area contributed by atoms with Gasteiger partial charge in [-0.3, -0.25) is 4.79 Å². The number of carbonyl (C=O) groups excluding carboxylic acids is 1. The molecule has 0 unspecified atom stereocenters. The second kappa shape index (κ2) is 14.3. The van der Waals surface area contributed by atoms with E-state index in [2.05, 4.69) is 37.3 Å². The fraction of sp³-hybridized carbons (Fsp3) is 0.345. The smallest absolute Gasteiger partial charge is 0.300 e. The molecule has 2 heterocycles. The third kappa shape index (κ3) is 8.67. The standard InChI is InChI=1S/C29H33ClFN6O3P/c1-41(2,39)27-11-5-4-10-25(27)37(30)23-19-32-29(33-20-23)34-22-13-14-26(40-21-31)24(18-22)35-28(38)12-6-9-17-36-15-7-3-8-16-36/h4-5,10-11,13-14,18-20H,3,7-9,15-17,21H2,1-2H3,(H,35,38)(H,32,33,34). The second-order valence-corrected chi connectivity index (χ2v) is 13.4. The number of carbonyl (C=O) groups is 1. The van der Waals surface area contributed by atoms with Crippen LogP contribution >= 0.6 is 18.9 Å². The fourth-order valence-electron chi connectivity index (χ4n) is 4.42. The van der Waals surface area contributed by atoms with Crippen molar-refractivity contribution in [3.63, 3.8) is 0 Å². The highest BCUT2D eigenvalue weighted by molar-refractivity contribution is 7.70. The van der Waals surface area contributed by atoms with E-state index in [1.807, 2.05) is 12.1 Å². The van der Waals surface area contributed by atoms with E-state index in [9.17, 15) is 13.8 Å². The van der Waals surface area contributed by atoms with Crippen molar-refractivity contribution in [3.8, 4) is 17.6 Å². The number of rotatable bonds is 10. The summed E-state index contributed by atoms with van der Waals surface area (Å²) < 4.78 is 32.1. The number of aromatic nitrogens is 2. The molecular formula is C29H33ClFN6O3P. The molecule has 4 rings (SSSR count). The first-order valence-electron chi connectivity index (χ1n) is 13.3. The minimum Gasteiger partial charge on any atom is -0.461 e. The molecule has 0 saturated carbocycles. The number of para-hydroxylation sites is 1. The maximum absolute atomic E-state index is 13.0. The summed E-state index contributed by atoms with van der Waals surface area (Å²) in [6, 6.07) is 12.0. The molecule has 216 valence electrons. The predicted octanol–water partition coefficient (Wildman–Crippen LogP) is 5.88. The summed E-state index contributed by atoms with van der Waals surface area (Å²) in [5.41, 5.74) is 1.86. The van der Waals surface area contributed by atoms with Crippen LogP contribution in [-0.2, 0) is 9.36 Å². The third-order valence-corrected chi connectivity index (χ3v) is 8.35. The summed E-state index contributed by atoms with van der Waals surface area (Å²) in [7, 11) is -2.58. The van der Waals surface area contributed by atoms with Gasteiger partial charge in [0.15, 0.2) is 0 Å². The van der Waals surface area contributed by atoms with E-state index in [-0.39, 0.29) is 17.4 Å². The number of ether oxygens (including phenoxy) is 1. The highest BCUT2D eigenvalue weighted by Crippen LogP contribution is 2.40. The molecule has 0 radical (unpaired) electrons. The van der Waals surface area contributed by atoms with Crippen molar-refractivity contribution < 1.29 is 18.5 Å². The largest absolute Gasteiger partial charge is 0.461 e. The van der Waals surface area contributed by atoms with E-state index < -0.39 is 19.9 Å². The Morgan fingerprint density at radius 1 is 1.15 bits per heavy atom. The number of anilines is 5. The van der Waals surface area contributed by atoms with Crippen LogP contribution in [0.25, 0.3) is 0 Å². The van der Waals surface area contributed by atoms with Gasteiger partial charge in [0.2, 0.25) is 12.8 Å². The summed E-state index contributed by atoms with van der Waals surface area (Å²) >= 11 is 6.57. The Kier molecular flexibility index (Phi) is 10.6. The Morgan fingerprint density at radius 2 is 1.88 bits per heavy atom. The van der Waals surface area contributed by atoms with E-state index in [4.69, 9.17) is 16.5 Å². The van der Waals surface area contributed by atoms with Crippen molar-refractivity contribution in [1.29, 1.82) is 0 Å². The van der Waals surface area contributed by atoms with Crippen LogP contribution in [0.2, 0.25) is 0 Å². The summed E-state index contributed by atoms with van der Waals surface area (Å²) in [4.78, 5) is 23.5. The molecule has 1 fully saturated rings. The Balaban J connectivity index is 1.42. The average molecular weight is 599 g/mol. The SMILES string of the molecule is CP(C)(=O)c1ccccc1N(Cl)c1cnc(Nc2ccc(OCF)c(NC(=O)C#CCCN3CCCCC3)c2)nc1. The van der Waals surface area contributed by atoms with Crippen molar-refractivity contribution in [3.05, 3.63) is 54.9 Å². The van der Waals surface area contributed by atoms with E-state index in [1.54, 1.807) is 37.6 Å². The molecule has 0 bridgehead atoms. The zero-order valence-corrected chi connectivity index (χ0v) is 24.7. The molecule has 3 aromatic rings. The van der Waals surface area contributed by atoms with Gasteiger partial charge in [-0.05, 0) is 75.5 Å². The molecule has 41 heavy (non-hydrogen) atoms. The van der Waals surface area contributed by atoms with Crippen molar-refractivity contribution >= 4 is 58.8 Å². The van der Waals surface area contributed by atoms with Gasteiger partial charge in [-0.15, -0.1) is 0 Å². The normalized spacial score (nSPS) is 13.6. The first kappa shape index (κ1) is 30.3. The molecule has 1 aliphatic heterocycles. The van der Waals surface area contributed by atoms with Gasteiger partial charge in [0, 0.05) is 35.7 Å². The molecule has 1 amide bonds. The van der Waals surface area contributed by atoms with Crippen LogP contribution in [0, 0.1) is 11.8 Å². The number of likely N-dealkylation sites (tertiary alicyclic amines) is 1. The lowest BCUT2D eigenvalue weighted by atomic mass is 10.1. The van der Waals surface area contributed by atoms with Crippen molar-refractivity contribution in [1.82, 2.24) is 14.9 Å². The Labute approximate surface area is 244 Å². The second-order valence-electron chi connectivity index (χ2n) is 9.88. The lowest BCUT2D eigenvalue weighted by molar-refractivity contribution is -0.111. The summed E-state index contributed by atoms with van der Waals surface area (Å²) in [5.74, 6) is 5.42. The molecule has 1 aromatic heterocycles. The molecule has 9 nitrogen and oxygen atoms in total. The van der Waals surface area contributed by atoms with Crippen LogP contribution in [0.1, 0.15) is 25.7 Å². The van der Waals surface area contributed by atoms with E-state index in [0.717, 1.165) is 19.6 Å². The molecule has 2 aromatic carbocycles. The maximum Gasteiger partial charge on any atom is 0.300 e. The topological polar surface area (TPSA) is 99.7 Å². The van der Waals surface area contributed by atoms with Crippen LogP contribution in [0.4, 0.5) is 33.1 Å². The van der Waals surface area contributed by atoms with Gasteiger partial charge in [-0.25, -0.2) is 18.8 Å². The van der Waals surface area contributed by atoms with Crippen LogP contribution in [-0.4, -0.2) is 60.6 Å². The van der Waals surface area contributed by atoms with E-state index in [1.165, 1.54) is 42.1 Å². The number of benzene rings is 2. The molecule has 2 N–H and O–H groups in total. The maximum atomic E-state index is 13.0. The van der Waals surface area contributed by atoms with Crippen LogP contribution in [0.3, 0.4) is 0 Å². The van der Waals surface area contributed by atoms with Gasteiger partial charge < -0.3 is 24.8 Å². The highest BCUT2D eigenvalue weighted by atomic mass is 35.5. The molecule has 1 saturated heterocycles. The first-order valence-corrected chi connectivity index (χ1v) is 16.2. The van der Waals surface area contributed by atoms with Crippen molar-refractivity contribution in [2.24, 2.45) is 0 Å². The molecule has 1 aliphatic rings. The van der Waals surface area contributed by atoms with Gasteiger partial charge in [0.05, 0.1) is 29.5 Å². The number of alkyl halides is 1. The first-order chi connectivity index (χ1) is 19.7. The lowest BCUT2D eigenvalue weighted by Crippen LogP contribution is -2.30. The molecular weight excluding hydrogens is 566 g/mol. The average Bonchev–Trinajstić information content (AvgIpc) is 2.97. The lowest BCUT2D eigenvalue weighted by Gasteiger charge is -2.25. The summed E-state index contributed by atoms with van der Waals surface area (Å²) in [5, 5.41) is 6.37. The Hall–Kier alpha value is -3.64. The Bertz CT molecular complexity index is 1450. The minimum atomic E-state index is -2.58. The van der Waals surface area contributed by atoms with E-state index >= 15 is 0 Å². The number of amides is 1. The fourth-order valence-corrected chi connectivity index (χ4v) is 5.89. The van der Waals surface area contributed by atoms with Crippen LogP contribution < -0.4 is 25.1 Å². The van der Waals surface area contributed by atoms with Crippen LogP contribution in [0.15, 0.2) is 54.9 Å². The molecule has 12 heteroatoms. The monoisotopic (exact) mass is 598 g/mol. The zero-order chi connectivity index (χ0) is 29.2. The number of hydrogen-bond acceptors (Lipinski definition) is 8. The predicted molar refractivity (Wildman–Crippen MR) is 163 cm³/mol. The summed E-state index contributed by atoms with van der Waals surface area (Å²) in [6.45, 7) is 5.30. The van der Waals surface area contributed by atoms with Crippen molar-refractivity contribution in [2.75, 3.05) is 54.9 Å². The number of nitrogens with zero attached hydrogens (tertiary/aromatic N) is 4. The number of piperidine rings is 1.